The first-order valence-corrected chi connectivity index (χ1v) is 10.2. The third-order valence-electron chi connectivity index (χ3n) is 4.15. The predicted octanol–water partition coefficient (Wildman–Crippen LogP) is 2.99. The van der Waals surface area contributed by atoms with E-state index in [0.29, 0.717) is 16.6 Å². The van der Waals surface area contributed by atoms with Gasteiger partial charge in [-0.3, -0.25) is 4.79 Å². The molecule has 0 aliphatic carbocycles. The largest absolute Gasteiger partial charge is 0.490 e. The number of rotatable bonds is 3. The number of carboxylic acid groups (broad SMARTS) is 1. The number of carbonyl (C=O) groups is 2. The van der Waals surface area contributed by atoms with E-state index in [0.717, 1.165) is 35.3 Å². The minimum atomic E-state index is -5.08. The monoisotopic (exact) mass is 479 g/mol. The highest BCUT2D eigenvalue weighted by atomic mass is 35.5. The average molecular weight is 480 g/mol. The summed E-state index contributed by atoms with van der Waals surface area (Å²) in [4.78, 5) is 24.7. The molecular weight excluding hydrogens is 459 g/mol. The Hall–Kier alpha value is -2.44. The number of nitrogens with zero attached hydrogens (tertiary/aromatic N) is 4. The Kier molecular flexibility index (Phi) is 8.21. The Morgan fingerprint density at radius 3 is 2.48 bits per heavy atom. The lowest BCUT2D eigenvalue weighted by Crippen LogP contribution is -2.49. The molecule has 170 valence electrons. The first-order chi connectivity index (χ1) is 14.4. The summed E-state index contributed by atoms with van der Waals surface area (Å²) in [5.41, 5.74) is 1.37. The van der Waals surface area contributed by atoms with Crippen molar-refractivity contribution in [3.05, 3.63) is 28.8 Å². The minimum absolute atomic E-state index is 0.112. The number of anilines is 1. The minimum Gasteiger partial charge on any atom is -0.475 e. The third kappa shape index (κ3) is 6.77. The van der Waals surface area contributed by atoms with E-state index < -0.39 is 12.1 Å². The summed E-state index contributed by atoms with van der Waals surface area (Å²) in [7, 11) is 3.41. The van der Waals surface area contributed by atoms with Gasteiger partial charge in [-0.05, 0) is 19.1 Å². The van der Waals surface area contributed by atoms with Crippen LogP contribution in [0.15, 0.2) is 18.2 Å². The van der Waals surface area contributed by atoms with Crippen LogP contribution in [0.2, 0.25) is 5.02 Å². The number of hydrogen-bond acceptors (Lipinski definition) is 7. The van der Waals surface area contributed by atoms with Crippen molar-refractivity contribution in [2.24, 2.45) is 0 Å². The topological polar surface area (TPSA) is 98.7 Å². The molecule has 1 unspecified atom stereocenters. The van der Waals surface area contributed by atoms with Crippen molar-refractivity contribution in [1.29, 1.82) is 0 Å². The maximum atomic E-state index is 12.1. The van der Waals surface area contributed by atoms with E-state index in [2.05, 4.69) is 27.3 Å². The van der Waals surface area contributed by atoms with E-state index >= 15 is 0 Å². The highest BCUT2D eigenvalue weighted by molar-refractivity contribution is 7.18. The molecule has 0 radical (unpaired) electrons. The summed E-state index contributed by atoms with van der Waals surface area (Å²) in [5, 5.41) is 21.3. The maximum absolute atomic E-state index is 12.1. The summed E-state index contributed by atoms with van der Waals surface area (Å²) in [6.07, 6.45) is -5.08. The fraction of sp³-hybridized carbons (Fsp3) is 0.444. The molecule has 13 heteroatoms. The molecule has 1 fully saturated rings. The van der Waals surface area contributed by atoms with Crippen molar-refractivity contribution in [2.75, 3.05) is 38.6 Å². The molecule has 3 rings (SSSR count). The van der Waals surface area contributed by atoms with Gasteiger partial charge >= 0.3 is 12.1 Å². The smallest absolute Gasteiger partial charge is 0.475 e. The molecule has 2 N–H and O–H groups in total. The molecule has 2 aromatic rings. The lowest BCUT2D eigenvalue weighted by atomic mass is 10.1. The number of carbonyl (C=O) groups excluding carboxylic acids is 1. The van der Waals surface area contributed by atoms with Crippen LogP contribution in [0, 0.1) is 0 Å². The summed E-state index contributed by atoms with van der Waals surface area (Å²) < 4.78 is 31.7. The Morgan fingerprint density at radius 1 is 1.32 bits per heavy atom. The van der Waals surface area contributed by atoms with E-state index in [1.54, 1.807) is 37.6 Å². The summed E-state index contributed by atoms with van der Waals surface area (Å²) in [6, 6.07) is 5.83. The lowest BCUT2D eigenvalue weighted by Gasteiger charge is -2.31. The van der Waals surface area contributed by atoms with E-state index in [1.165, 1.54) is 4.90 Å². The summed E-state index contributed by atoms with van der Waals surface area (Å²) in [5.74, 6) is -2.87. The van der Waals surface area contributed by atoms with Gasteiger partial charge in [0, 0.05) is 45.3 Å². The first-order valence-electron chi connectivity index (χ1n) is 9.03. The zero-order valence-electron chi connectivity index (χ0n) is 16.9. The molecule has 1 aromatic carbocycles. The van der Waals surface area contributed by atoms with Gasteiger partial charge in [0.05, 0.1) is 10.6 Å². The molecular formula is C18H21ClF3N5O3S. The number of carboxylic acids is 1. The second-order valence-electron chi connectivity index (χ2n) is 6.89. The van der Waals surface area contributed by atoms with Gasteiger partial charge in [-0.1, -0.05) is 29.0 Å². The molecule has 1 aliphatic rings. The highest BCUT2D eigenvalue weighted by Gasteiger charge is 2.38. The van der Waals surface area contributed by atoms with Crippen molar-refractivity contribution in [2.45, 2.75) is 19.1 Å². The van der Waals surface area contributed by atoms with Gasteiger partial charge < -0.3 is 20.2 Å². The molecule has 8 nitrogen and oxygen atoms in total. The van der Waals surface area contributed by atoms with Crippen LogP contribution >= 0.6 is 22.9 Å². The van der Waals surface area contributed by atoms with E-state index in [4.69, 9.17) is 21.5 Å². The molecule has 31 heavy (non-hydrogen) atoms. The van der Waals surface area contributed by atoms with E-state index in [-0.39, 0.29) is 5.91 Å². The number of piperazine rings is 1. The summed E-state index contributed by atoms with van der Waals surface area (Å²) >= 11 is 7.83. The van der Waals surface area contributed by atoms with Crippen molar-refractivity contribution in [1.82, 2.24) is 20.4 Å². The molecule has 1 saturated heterocycles. The highest BCUT2D eigenvalue weighted by Crippen LogP contribution is 2.32. The van der Waals surface area contributed by atoms with Crippen LogP contribution in [0.4, 0.5) is 18.3 Å². The number of alkyl halides is 3. The van der Waals surface area contributed by atoms with E-state index in [9.17, 15) is 18.0 Å². The van der Waals surface area contributed by atoms with Gasteiger partial charge in [-0.25, -0.2) is 4.79 Å². The number of aliphatic carboxylic acids is 1. The lowest BCUT2D eigenvalue weighted by molar-refractivity contribution is -0.192. The Labute approximate surface area is 185 Å². The number of amides is 1. The Bertz CT molecular complexity index is 938. The molecule has 1 atom stereocenters. The molecule has 1 aromatic heterocycles. The molecule has 0 bridgehead atoms. The van der Waals surface area contributed by atoms with Crippen molar-refractivity contribution in [3.8, 4) is 10.6 Å². The third-order valence-corrected chi connectivity index (χ3v) is 5.49. The molecule has 2 heterocycles. The van der Waals surface area contributed by atoms with Crippen molar-refractivity contribution in [3.63, 3.8) is 0 Å². The van der Waals surface area contributed by atoms with Crippen LogP contribution in [0.1, 0.15) is 17.3 Å². The van der Waals surface area contributed by atoms with E-state index in [1.807, 2.05) is 6.07 Å². The van der Waals surface area contributed by atoms with Gasteiger partial charge in [0.2, 0.25) is 5.13 Å². The number of aromatic nitrogens is 2. The Balaban J connectivity index is 0.000000423. The van der Waals surface area contributed by atoms with Gasteiger partial charge in [-0.15, -0.1) is 10.2 Å². The zero-order valence-corrected chi connectivity index (χ0v) is 18.5. The fourth-order valence-electron chi connectivity index (χ4n) is 2.63. The number of benzene rings is 1. The molecule has 1 aliphatic heterocycles. The van der Waals surface area contributed by atoms with Crippen LogP contribution < -0.4 is 10.2 Å². The quantitative estimate of drug-likeness (QED) is 0.698. The first kappa shape index (κ1) is 24.8. The van der Waals surface area contributed by atoms with Gasteiger partial charge in [0.1, 0.15) is 5.01 Å². The number of nitrogens with one attached hydrogen (secondary N) is 1. The average Bonchev–Trinajstić information content (AvgIpc) is 3.17. The fourth-order valence-corrected chi connectivity index (χ4v) is 3.77. The van der Waals surface area contributed by atoms with Gasteiger partial charge in [0.15, 0.2) is 0 Å². The van der Waals surface area contributed by atoms with Crippen LogP contribution in [0.3, 0.4) is 0 Å². The number of hydrogen-bond donors (Lipinski definition) is 2. The van der Waals surface area contributed by atoms with Crippen molar-refractivity contribution < 1.29 is 27.9 Å². The SMILES string of the molecule is CC1CN(c2nnc(-c3ccc(C(=O)N(C)C)c(Cl)c3)s2)CCN1.O=C(O)C(F)(F)F. The standard InChI is InChI=1S/C16H20ClN5OS.C2HF3O2/c1-10-9-22(7-6-18-10)16-20-19-14(24-16)11-4-5-12(13(17)8-11)15(23)21(2)3;3-2(4,5)1(6)7/h4-5,8,10,18H,6-7,9H2,1-3H3;(H,6,7). The van der Waals surface area contributed by atoms with Crippen LogP contribution in [0.5, 0.6) is 0 Å². The second-order valence-corrected chi connectivity index (χ2v) is 8.25. The predicted molar refractivity (Wildman–Crippen MR) is 112 cm³/mol. The van der Waals surface area contributed by atoms with Gasteiger partial charge in [0.25, 0.3) is 5.91 Å². The maximum Gasteiger partial charge on any atom is 0.490 e. The van der Waals surface area contributed by atoms with Crippen LogP contribution in [-0.2, 0) is 4.79 Å². The van der Waals surface area contributed by atoms with Gasteiger partial charge in [-0.2, -0.15) is 13.2 Å². The molecule has 0 saturated carbocycles. The normalized spacial score (nSPS) is 16.4. The Morgan fingerprint density at radius 2 is 1.97 bits per heavy atom. The molecule has 0 spiro atoms. The summed E-state index contributed by atoms with van der Waals surface area (Å²) in [6.45, 7) is 4.96. The number of halogens is 4. The van der Waals surface area contributed by atoms with Crippen molar-refractivity contribution >= 4 is 39.9 Å². The molecule has 1 amide bonds. The van der Waals surface area contributed by atoms with Crippen LogP contribution in [-0.4, -0.2) is 78.0 Å². The van der Waals surface area contributed by atoms with Crippen LogP contribution in [0.25, 0.3) is 10.6 Å². The zero-order chi connectivity index (χ0) is 23.3. The second kappa shape index (κ2) is 10.2.